The molecule has 0 saturated carbocycles. The molecular formula is C18H29N3. The second kappa shape index (κ2) is 6.80. The van der Waals surface area contributed by atoms with E-state index in [2.05, 4.69) is 53.2 Å². The Labute approximate surface area is 129 Å². The molecule has 2 unspecified atom stereocenters. The van der Waals surface area contributed by atoms with E-state index in [0.717, 1.165) is 12.6 Å². The minimum Gasteiger partial charge on any atom is -0.385 e. The van der Waals surface area contributed by atoms with Crippen molar-refractivity contribution < 1.29 is 0 Å². The summed E-state index contributed by atoms with van der Waals surface area (Å²) in [5, 5.41) is 3.54. The first-order chi connectivity index (χ1) is 10.3. The molecule has 2 heterocycles. The summed E-state index contributed by atoms with van der Waals surface area (Å²) in [7, 11) is 0. The smallest absolute Gasteiger partial charge is 0.0376 e. The van der Waals surface area contributed by atoms with Crippen LogP contribution in [0.5, 0.6) is 0 Å². The highest BCUT2D eigenvalue weighted by Crippen LogP contribution is 2.32. The van der Waals surface area contributed by atoms with E-state index >= 15 is 0 Å². The van der Waals surface area contributed by atoms with Crippen LogP contribution in [0.4, 0.5) is 5.69 Å². The summed E-state index contributed by atoms with van der Waals surface area (Å²) in [4.78, 5) is 5.31. The van der Waals surface area contributed by atoms with Crippen LogP contribution in [-0.2, 0) is 0 Å². The molecule has 0 radical (unpaired) electrons. The van der Waals surface area contributed by atoms with Crippen molar-refractivity contribution >= 4 is 5.69 Å². The van der Waals surface area contributed by atoms with Gasteiger partial charge in [-0.25, -0.2) is 0 Å². The first kappa shape index (κ1) is 14.9. The fourth-order valence-electron chi connectivity index (χ4n) is 4.07. The molecule has 0 spiro atoms. The molecule has 1 fully saturated rings. The van der Waals surface area contributed by atoms with Gasteiger partial charge in [0.05, 0.1) is 0 Å². The zero-order chi connectivity index (χ0) is 14.7. The van der Waals surface area contributed by atoms with Gasteiger partial charge in [0.15, 0.2) is 0 Å². The summed E-state index contributed by atoms with van der Waals surface area (Å²) in [5.74, 6) is 0.706. The van der Waals surface area contributed by atoms with Crippen molar-refractivity contribution in [2.24, 2.45) is 0 Å². The third-order valence-corrected chi connectivity index (χ3v) is 5.26. The predicted molar refractivity (Wildman–Crippen MR) is 90.1 cm³/mol. The largest absolute Gasteiger partial charge is 0.385 e. The minimum absolute atomic E-state index is 0.706. The molecule has 1 aromatic rings. The molecule has 0 amide bonds. The lowest BCUT2D eigenvalue weighted by Gasteiger charge is -2.31. The standard InChI is InChI=1S/C18H29N3/c1-3-21(4-2)16-10-12-20(14-16)13-15-9-11-19-18-8-6-5-7-17(15)18/h5-8,15-16,19H,3-4,9-14H2,1-2H3. The lowest BCUT2D eigenvalue weighted by Crippen LogP contribution is -2.38. The van der Waals surface area contributed by atoms with Crippen molar-refractivity contribution in [1.29, 1.82) is 0 Å². The molecular weight excluding hydrogens is 258 g/mol. The highest BCUT2D eigenvalue weighted by molar-refractivity contribution is 5.54. The van der Waals surface area contributed by atoms with Crippen LogP contribution in [0.2, 0.25) is 0 Å². The summed E-state index contributed by atoms with van der Waals surface area (Å²) in [6.07, 6.45) is 2.61. The third-order valence-electron chi connectivity index (χ3n) is 5.26. The van der Waals surface area contributed by atoms with Crippen LogP contribution in [0, 0.1) is 0 Å². The van der Waals surface area contributed by atoms with E-state index in [-0.39, 0.29) is 0 Å². The third kappa shape index (κ3) is 3.24. The fourth-order valence-corrected chi connectivity index (χ4v) is 4.07. The van der Waals surface area contributed by atoms with Gasteiger partial charge in [-0.15, -0.1) is 0 Å². The number of nitrogens with zero attached hydrogens (tertiary/aromatic N) is 2. The van der Waals surface area contributed by atoms with E-state index in [9.17, 15) is 0 Å². The molecule has 21 heavy (non-hydrogen) atoms. The molecule has 1 N–H and O–H groups in total. The number of hydrogen-bond donors (Lipinski definition) is 1. The lowest BCUT2D eigenvalue weighted by atomic mass is 9.90. The van der Waals surface area contributed by atoms with Gasteiger partial charge in [-0.2, -0.15) is 0 Å². The molecule has 0 bridgehead atoms. The van der Waals surface area contributed by atoms with Gasteiger partial charge in [-0.05, 0) is 44.1 Å². The van der Waals surface area contributed by atoms with Gasteiger partial charge in [-0.3, -0.25) is 4.90 Å². The van der Waals surface area contributed by atoms with Crippen LogP contribution >= 0.6 is 0 Å². The maximum absolute atomic E-state index is 3.54. The Morgan fingerprint density at radius 3 is 2.81 bits per heavy atom. The van der Waals surface area contributed by atoms with Crippen LogP contribution in [-0.4, -0.2) is 55.1 Å². The van der Waals surface area contributed by atoms with Crippen molar-refractivity contribution in [3.05, 3.63) is 29.8 Å². The molecule has 0 aliphatic carbocycles. The van der Waals surface area contributed by atoms with Gasteiger partial charge < -0.3 is 10.2 Å². The summed E-state index contributed by atoms with van der Waals surface area (Å²) in [6.45, 7) is 11.8. The lowest BCUT2D eigenvalue weighted by molar-refractivity contribution is 0.207. The molecule has 1 saturated heterocycles. The second-order valence-corrected chi connectivity index (χ2v) is 6.42. The van der Waals surface area contributed by atoms with E-state index < -0.39 is 0 Å². The molecule has 0 aromatic heterocycles. The summed E-state index contributed by atoms with van der Waals surface area (Å²) < 4.78 is 0. The molecule has 1 aromatic carbocycles. The maximum atomic E-state index is 3.54. The number of likely N-dealkylation sites (tertiary alicyclic amines) is 1. The average Bonchev–Trinajstić information content (AvgIpc) is 2.97. The zero-order valence-electron chi connectivity index (χ0n) is 13.5. The van der Waals surface area contributed by atoms with Crippen molar-refractivity contribution in [2.75, 3.05) is 44.6 Å². The first-order valence-electron chi connectivity index (χ1n) is 8.61. The zero-order valence-corrected chi connectivity index (χ0v) is 13.5. The van der Waals surface area contributed by atoms with Gasteiger partial charge in [0, 0.05) is 37.3 Å². The van der Waals surface area contributed by atoms with Crippen LogP contribution in [0.3, 0.4) is 0 Å². The number of nitrogens with one attached hydrogen (secondary N) is 1. The Balaban J connectivity index is 1.61. The number of likely N-dealkylation sites (N-methyl/N-ethyl adjacent to an activating group) is 1. The Morgan fingerprint density at radius 1 is 1.19 bits per heavy atom. The molecule has 116 valence electrons. The van der Waals surface area contributed by atoms with Gasteiger partial charge in [0.25, 0.3) is 0 Å². The molecule has 3 nitrogen and oxygen atoms in total. The van der Waals surface area contributed by atoms with E-state index in [0.29, 0.717) is 5.92 Å². The number of para-hydroxylation sites is 1. The quantitative estimate of drug-likeness (QED) is 0.898. The molecule has 2 aliphatic heterocycles. The number of fused-ring (bicyclic) bond motifs is 1. The predicted octanol–water partition coefficient (Wildman–Crippen LogP) is 3.00. The molecule has 2 aliphatic rings. The molecule has 3 heteroatoms. The van der Waals surface area contributed by atoms with Crippen molar-refractivity contribution in [3.63, 3.8) is 0 Å². The maximum Gasteiger partial charge on any atom is 0.0376 e. The van der Waals surface area contributed by atoms with Crippen molar-refractivity contribution in [1.82, 2.24) is 9.80 Å². The van der Waals surface area contributed by atoms with E-state index in [4.69, 9.17) is 0 Å². The number of hydrogen-bond acceptors (Lipinski definition) is 3. The number of benzene rings is 1. The normalized spacial score (nSPS) is 25.9. The Hall–Kier alpha value is -1.06. The Bertz CT molecular complexity index is 456. The Kier molecular flexibility index (Phi) is 4.81. The van der Waals surface area contributed by atoms with Crippen LogP contribution in [0.15, 0.2) is 24.3 Å². The van der Waals surface area contributed by atoms with Gasteiger partial charge >= 0.3 is 0 Å². The van der Waals surface area contributed by atoms with Crippen LogP contribution in [0.25, 0.3) is 0 Å². The summed E-state index contributed by atoms with van der Waals surface area (Å²) in [6, 6.07) is 9.63. The van der Waals surface area contributed by atoms with Crippen molar-refractivity contribution in [3.8, 4) is 0 Å². The SMILES string of the molecule is CCN(CC)C1CCN(CC2CCNc3ccccc32)C1. The van der Waals surface area contributed by atoms with Crippen LogP contribution < -0.4 is 5.32 Å². The Morgan fingerprint density at radius 2 is 2.00 bits per heavy atom. The first-order valence-corrected chi connectivity index (χ1v) is 8.61. The minimum atomic E-state index is 0.706. The fraction of sp³-hybridized carbons (Fsp3) is 0.667. The monoisotopic (exact) mass is 287 g/mol. The van der Waals surface area contributed by atoms with E-state index in [1.807, 2.05) is 0 Å². The van der Waals surface area contributed by atoms with Gasteiger partial charge in [0.2, 0.25) is 0 Å². The molecule has 3 rings (SSSR count). The van der Waals surface area contributed by atoms with Gasteiger partial charge in [0.1, 0.15) is 0 Å². The molecule has 2 atom stereocenters. The number of anilines is 1. The highest BCUT2D eigenvalue weighted by Gasteiger charge is 2.29. The van der Waals surface area contributed by atoms with Crippen LogP contribution in [0.1, 0.15) is 38.2 Å². The number of rotatable bonds is 5. The summed E-state index contributed by atoms with van der Waals surface area (Å²) in [5.41, 5.74) is 2.88. The highest BCUT2D eigenvalue weighted by atomic mass is 15.2. The van der Waals surface area contributed by atoms with E-state index in [1.165, 1.54) is 56.8 Å². The average molecular weight is 287 g/mol. The van der Waals surface area contributed by atoms with Crippen molar-refractivity contribution in [2.45, 2.75) is 38.6 Å². The van der Waals surface area contributed by atoms with Gasteiger partial charge in [-0.1, -0.05) is 32.0 Å². The second-order valence-electron chi connectivity index (χ2n) is 6.42. The van der Waals surface area contributed by atoms with E-state index in [1.54, 1.807) is 0 Å². The topological polar surface area (TPSA) is 18.5 Å². The summed E-state index contributed by atoms with van der Waals surface area (Å²) >= 11 is 0.